The van der Waals surface area contributed by atoms with E-state index in [1.54, 1.807) is 0 Å². The molecule has 0 radical (unpaired) electrons. The van der Waals surface area contributed by atoms with Gasteiger partial charge >= 0.3 is 0 Å². The van der Waals surface area contributed by atoms with Crippen molar-refractivity contribution in [3.8, 4) is 0 Å². The molecule has 0 aromatic heterocycles. The van der Waals surface area contributed by atoms with Crippen LogP contribution < -0.4 is 5.73 Å². The van der Waals surface area contributed by atoms with Crippen LogP contribution in [0.15, 0.2) is 54.6 Å². The molecule has 2 aromatic carbocycles. The van der Waals surface area contributed by atoms with Crippen molar-refractivity contribution >= 4 is 35.0 Å². The van der Waals surface area contributed by atoms with Crippen molar-refractivity contribution in [1.82, 2.24) is 4.90 Å². The van der Waals surface area contributed by atoms with Crippen molar-refractivity contribution in [2.75, 3.05) is 6.54 Å². The average molecular weight is 433 g/mol. The normalized spacial score (nSPS) is 21.3. The molecule has 4 rings (SSSR count). The Balaban J connectivity index is 0.000000290. The number of primary amides is 1. The lowest BCUT2D eigenvalue weighted by Gasteiger charge is -2.39. The minimum absolute atomic E-state index is 0.0805. The van der Waals surface area contributed by atoms with Crippen LogP contribution in [0.1, 0.15) is 43.7 Å². The van der Waals surface area contributed by atoms with Crippen molar-refractivity contribution in [1.29, 1.82) is 0 Å². The predicted octanol–water partition coefficient (Wildman–Crippen LogP) is 5.25. The van der Waals surface area contributed by atoms with Gasteiger partial charge in [0.15, 0.2) is 0 Å². The van der Waals surface area contributed by atoms with Crippen LogP contribution in [0, 0.1) is 11.8 Å². The largest absolute Gasteiger partial charge is 0.370 e. The number of nitrogens with two attached hydrogens (primary N) is 1. The van der Waals surface area contributed by atoms with Crippen LogP contribution in [0.4, 0.5) is 0 Å². The Labute approximate surface area is 182 Å². The minimum Gasteiger partial charge on any atom is -0.370 e. The van der Waals surface area contributed by atoms with Gasteiger partial charge in [-0.1, -0.05) is 53.5 Å². The first-order valence-electron chi connectivity index (χ1n) is 9.99. The summed E-state index contributed by atoms with van der Waals surface area (Å²) in [7, 11) is 0. The fourth-order valence-electron chi connectivity index (χ4n) is 3.70. The summed E-state index contributed by atoms with van der Waals surface area (Å²) in [6.45, 7) is 0.793. The molecular formula is C23H26Cl2N2O2. The molecule has 154 valence electrons. The molecule has 1 unspecified atom stereocenters. The summed E-state index contributed by atoms with van der Waals surface area (Å²) in [6, 6.07) is 17.3. The van der Waals surface area contributed by atoms with E-state index in [1.165, 1.54) is 12.8 Å². The maximum Gasteiger partial charge on any atom is 0.226 e. The highest BCUT2D eigenvalue weighted by Gasteiger charge is 2.39. The quantitative estimate of drug-likeness (QED) is 0.701. The molecule has 6 heteroatoms. The molecule has 2 aromatic rings. The van der Waals surface area contributed by atoms with E-state index in [1.807, 2.05) is 59.5 Å². The van der Waals surface area contributed by atoms with Crippen LogP contribution in [0.2, 0.25) is 10.0 Å². The summed E-state index contributed by atoms with van der Waals surface area (Å²) in [5.74, 6) is 0.0532. The van der Waals surface area contributed by atoms with Crippen molar-refractivity contribution in [2.45, 2.75) is 38.1 Å². The molecule has 1 aliphatic heterocycles. The van der Waals surface area contributed by atoms with Crippen LogP contribution in [0.25, 0.3) is 0 Å². The van der Waals surface area contributed by atoms with Crippen molar-refractivity contribution < 1.29 is 9.59 Å². The van der Waals surface area contributed by atoms with E-state index in [0.717, 1.165) is 30.0 Å². The van der Waals surface area contributed by atoms with Crippen LogP contribution in [-0.4, -0.2) is 23.3 Å². The minimum atomic E-state index is -0.394. The molecule has 1 aliphatic carbocycles. The number of piperidine rings is 1. The molecule has 29 heavy (non-hydrogen) atoms. The second kappa shape index (κ2) is 10.1. The third kappa shape index (κ3) is 6.48. The number of benzene rings is 2. The maximum atomic E-state index is 12.8. The Bertz CT molecular complexity index is 823. The third-order valence-electron chi connectivity index (χ3n) is 5.38. The Morgan fingerprint density at radius 1 is 0.931 bits per heavy atom. The standard InChI is InChI=1S/C17H21ClN2O2.C6H5Cl/c18-14-6-3-12(4-7-14)15-8-5-13(9-16(19)21)17(22)20(15)10-11-1-2-11;7-6-4-2-1-3-5-6/h3-4,6-7,11,13,15H,1-2,5,8-10H2,(H2,19,21);1-5H/t13?,15-;/m0./s1. The zero-order valence-corrected chi connectivity index (χ0v) is 17.8. The third-order valence-corrected chi connectivity index (χ3v) is 5.89. The number of hydrogen-bond acceptors (Lipinski definition) is 2. The smallest absolute Gasteiger partial charge is 0.226 e. The molecule has 1 saturated heterocycles. The van der Waals surface area contributed by atoms with E-state index in [-0.39, 0.29) is 24.3 Å². The summed E-state index contributed by atoms with van der Waals surface area (Å²) in [4.78, 5) is 25.9. The number of nitrogens with zero attached hydrogens (tertiary/aromatic N) is 1. The van der Waals surface area contributed by atoms with E-state index in [4.69, 9.17) is 28.9 Å². The zero-order valence-electron chi connectivity index (χ0n) is 16.3. The average Bonchev–Trinajstić information content (AvgIpc) is 3.51. The van der Waals surface area contributed by atoms with E-state index < -0.39 is 5.91 Å². The van der Waals surface area contributed by atoms with Crippen LogP contribution in [0.3, 0.4) is 0 Å². The molecule has 4 nitrogen and oxygen atoms in total. The van der Waals surface area contributed by atoms with Gasteiger partial charge in [-0.25, -0.2) is 0 Å². The molecule has 2 aliphatic rings. The zero-order chi connectivity index (χ0) is 20.8. The van der Waals surface area contributed by atoms with Gasteiger partial charge in [0.25, 0.3) is 0 Å². The lowest BCUT2D eigenvalue weighted by atomic mass is 9.86. The first kappa shape index (κ1) is 21.7. The fourth-order valence-corrected chi connectivity index (χ4v) is 3.97. The monoisotopic (exact) mass is 432 g/mol. The summed E-state index contributed by atoms with van der Waals surface area (Å²) in [6.07, 6.45) is 4.14. The summed E-state index contributed by atoms with van der Waals surface area (Å²) >= 11 is 11.5. The summed E-state index contributed by atoms with van der Waals surface area (Å²) in [5, 5.41) is 1.49. The first-order chi connectivity index (χ1) is 13.9. The molecule has 1 heterocycles. The van der Waals surface area contributed by atoms with Gasteiger partial charge < -0.3 is 10.6 Å². The van der Waals surface area contributed by atoms with Gasteiger partial charge in [-0.05, 0) is 61.4 Å². The van der Waals surface area contributed by atoms with Crippen LogP contribution in [0.5, 0.6) is 0 Å². The Kier molecular flexibility index (Phi) is 7.57. The maximum absolute atomic E-state index is 12.8. The van der Waals surface area contributed by atoms with E-state index >= 15 is 0 Å². The predicted molar refractivity (Wildman–Crippen MR) is 117 cm³/mol. The highest BCUT2D eigenvalue weighted by atomic mass is 35.5. The second-order valence-corrected chi connectivity index (χ2v) is 8.61. The number of carbonyl (C=O) groups is 2. The van der Waals surface area contributed by atoms with Crippen LogP contribution >= 0.6 is 23.2 Å². The van der Waals surface area contributed by atoms with E-state index in [0.29, 0.717) is 10.9 Å². The molecule has 2 atom stereocenters. The number of likely N-dealkylation sites (tertiary alicyclic amines) is 1. The van der Waals surface area contributed by atoms with Crippen molar-refractivity contribution in [3.05, 3.63) is 70.2 Å². The molecule has 2 fully saturated rings. The molecule has 0 spiro atoms. The number of carbonyl (C=O) groups excluding carboxylic acids is 2. The van der Waals surface area contributed by atoms with Crippen LogP contribution in [-0.2, 0) is 9.59 Å². The molecule has 1 saturated carbocycles. The second-order valence-electron chi connectivity index (χ2n) is 7.74. The lowest BCUT2D eigenvalue weighted by molar-refractivity contribution is -0.144. The SMILES string of the molecule is Clc1ccccc1.NC(=O)CC1CC[C@@H](c2ccc(Cl)cc2)N(CC2CC2)C1=O. The number of amides is 2. The van der Waals surface area contributed by atoms with E-state index in [2.05, 4.69) is 0 Å². The van der Waals surface area contributed by atoms with Gasteiger partial charge in [-0.3, -0.25) is 9.59 Å². The number of rotatable bonds is 5. The lowest BCUT2D eigenvalue weighted by Crippen LogP contribution is -2.45. The summed E-state index contributed by atoms with van der Waals surface area (Å²) < 4.78 is 0. The topological polar surface area (TPSA) is 63.4 Å². The van der Waals surface area contributed by atoms with Gasteiger partial charge in [-0.2, -0.15) is 0 Å². The van der Waals surface area contributed by atoms with Crippen molar-refractivity contribution in [3.63, 3.8) is 0 Å². The number of hydrogen-bond donors (Lipinski definition) is 1. The van der Waals surface area contributed by atoms with Gasteiger partial charge in [0.05, 0.1) is 6.04 Å². The van der Waals surface area contributed by atoms with Gasteiger partial charge in [-0.15, -0.1) is 0 Å². The Hall–Kier alpha value is -2.04. The van der Waals surface area contributed by atoms with Crippen molar-refractivity contribution in [2.24, 2.45) is 17.6 Å². The number of halogens is 2. The van der Waals surface area contributed by atoms with Gasteiger partial charge in [0.2, 0.25) is 11.8 Å². The van der Waals surface area contributed by atoms with Gasteiger partial charge in [0.1, 0.15) is 0 Å². The Morgan fingerprint density at radius 3 is 2.07 bits per heavy atom. The van der Waals surface area contributed by atoms with E-state index in [9.17, 15) is 9.59 Å². The van der Waals surface area contributed by atoms with Gasteiger partial charge in [0, 0.05) is 28.9 Å². The molecule has 2 N–H and O–H groups in total. The highest BCUT2D eigenvalue weighted by Crippen LogP contribution is 2.39. The molecular weight excluding hydrogens is 407 g/mol. The molecule has 0 bridgehead atoms. The first-order valence-corrected chi connectivity index (χ1v) is 10.7. The summed E-state index contributed by atoms with van der Waals surface area (Å²) in [5.41, 5.74) is 6.40. The highest BCUT2D eigenvalue weighted by molar-refractivity contribution is 6.30. The fraction of sp³-hybridized carbons (Fsp3) is 0.391. The Morgan fingerprint density at radius 2 is 1.55 bits per heavy atom. The molecule has 2 amide bonds.